The van der Waals surface area contributed by atoms with Crippen molar-refractivity contribution in [3.05, 3.63) is 95.8 Å². The fourth-order valence-corrected chi connectivity index (χ4v) is 5.30. The van der Waals surface area contributed by atoms with E-state index in [0.717, 1.165) is 51.0 Å². The molecule has 1 fully saturated rings. The maximum Gasteiger partial charge on any atom is 0.319 e. The van der Waals surface area contributed by atoms with E-state index in [-0.39, 0.29) is 5.82 Å². The molecule has 190 valence electrons. The number of amides is 2. The van der Waals surface area contributed by atoms with Crippen LogP contribution in [0.3, 0.4) is 0 Å². The Balaban J connectivity index is 1.38. The number of ether oxygens (including phenoxy) is 1. The number of primary amides is 1. The molecule has 0 radical (unpaired) electrons. The van der Waals surface area contributed by atoms with Gasteiger partial charge in [0, 0.05) is 24.8 Å². The molecule has 2 atom stereocenters. The number of methoxy groups -OCH3 is 1. The molecule has 0 saturated carbocycles. The highest BCUT2D eigenvalue weighted by atomic mass is 19.1. The predicted molar refractivity (Wildman–Crippen MR) is 143 cm³/mol. The van der Waals surface area contributed by atoms with Gasteiger partial charge in [-0.2, -0.15) is 0 Å². The quantitative estimate of drug-likeness (QED) is 0.407. The van der Waals surface area contributed by atoms with E-state index in [1.54, 1.807) is 24.1 Å². The number of halogens is 1. The number of nitrogens with two attached hydrogens (primary N) is 1. The van der Waals surface area contributed by atoms with Gasteiger partial charge in [0.25, 0.3) is 0 Å². The molecular formula is C30H36FN3O2. The van der Waals surface area contributed by atoms with Crippen molar-refractivity contribution >= 4 is 11.7 Å². The average Bonchev–Trinajstić information content (AvgIpc) is 2.89. The maximum absolute atomic E-state index is 13.4. The summed E-state index contributed by atoms with van der Waals surface area (Å²) in [6.07, 6.45) is 3.93. The largest absolute Gasteiger partial charge is 0.497 e. The van der Waals surface area contributed by atoms with Crippen molar-refractivity contribution in [2.24, 2.45) is 17.6 Å². The number of carbonyl (C=O) groups is 1. The molecule has 5 nitrogen and oxygen atoms in total. The summed E-state index contributed by atoms with van der Waals surface area (Å²) in [5.74, 6) is 1.57. The van der Waals surface area contributed by atoms with Gasteiger partial charge in [0.2, 0.25) is 0 Å². The van der Waals surface area contributed by atoms with Crippen LogP contribution in [-0.2, 0) is 12.8 Å². The third-order valence-electron chi connectivity index (χ3n) is 7.21. The summed E-state index contributed by atoms with van der Waals surface area (Å²) in [5.41, 5.74) is 9.00. The van der Waals surface area contributed by atoms with Crippen LogP contribution in [-0.4, -0.2) is 44.2 Å². The first-order valence-electron chi connectivity index (χ1n) is 12.7. The lowest BCUT2D eigenvalue weighted by Gasteiger charge is -2.39. The lowest BCUT2D eigenvalue weighted by molar-refractivity contribution is 0.117. The molecule has 2 amide bonds. The van der Waals surface area contributed by atoms with Gasteiger partial charge < -0.3 is 15.4 Å². The predicted octanol–water partition coefficient (Wildman–Crippen LogP) is 5.53. The molecule has 2 unspecified atom stereocenters. The van der Waals surface area contributed by atoms with Gasteiger partial charge in [0.15, 0.2) is 0 Å². The van der Waals surface area contributed by atoms with E-state index >= 15 is 0 Å². The molecule has 1 heterocycles. The van der Waals surface area contributed by atoms with Crippen LogP contribution in [0.1, 0.15) is 24.0 Å². The highest BCUT2D eigenvalue weighted by Crippen LogP contribution is 2.30. The number of hydrogen-bond donors (Lipinski definition) is 1. The van der Waals surface area contributed by atoms with Crippen LogP contribution in [0.5, 0.6) is 5.75 Å². The lowest BCUT2D eigenvalue weighted by atomic mass is 9.78. The fourth-order valence-electron chi connectivity index (χ4n) is 5.30. The molecule has 1 aliphatic heterocycles. The van der Waals surface area contributed by atoms with Gasteiger partial charge in [-0.25, -0.2) is 9.18 Å². The van der Waals surface area contributed by atoms with E-state index in [4.69, 9.17) is 10.5 Å². The van der Waals surface area contributed by atoms with Crippen molar-refractivity contribution in [2.45, 2.75) is 25.7 Å². The molecule has 6 heteroatoms. The summed E-state index contributed by atoms with van der Waals surface area (Å²) in [6.45, 7) is 3.49. The summed E-state index contributed by atoms with van der Waals surface area (Å²) in [4.78, 5) is 16.3. The monoisotopic (exact) mass is 489 g/mol. The normalized spacial score (nSPS) is 18.1. The van der Waals surface area contributed by atoms with Crippen molar-refractivity contribution in [2.75, 3.05) is 38.2 Å². The Labute approximate surface area is 213 Å². The van der Waals surface area contributed by atoms with Crippen molar-refractivity contribution in [1.82, 2.24) is 4.90 Å². The SMILES string of the molecule is COc1cccc(N(CCCN2CCC(Cc3ccc(F)cc3)C(Cc3ccccc3)C2)C(N)=O)c1. The van der Waals surface area contributed by atoms with E-state index in [1.165, 1.54) is 11.1 Å². The van der Waals surface area contributed by atoms with Crippen molar-refractivity contribution in [3.63, 3.8) is 0 Å². The highest BCUT2D eigenvalue weighted by Gasteiger charge is 2.29. The minimum atomic E-state index is -0.455. The topological polar surface area (TPSA) is 58.8 Å². The van der Waals surface area contributed by atoms with Crippen LogP contribution in [0.4, 0.5) is 14.9 Å². The van der Waals surface area contributed by atoms with Gasteiger partial charge in [-0.15, -0.1) is 0 Å². The van der Waals surface area contributed by atoms with Crippen LogP contribution < -0.4 is 15.4 Å². The Morgan fingerprint density at radius 3 is 2.44 bits per heavy atom. The molecule has 2 N–H and O–H groups in total. The zero-order valence-corrected chi connectivity index (χ0v) is 21.0. The second kappa shape index (κ2) is 12.5. The number of piperidine rings is 1. The second-order valence-electron chi connectivity index (χ2n) is 9.67. The third-order valence-corrected chi connectivity index (χ3v) is 7.21. The van der Waals surface area contributed by atoms with E-state index in [1.807, 2.05) is 36.4 Å². The Hall–Kier alpha value is -3.38. The molecule has 4 rings (SSSR count). The minimum absolute atomic E-state index is 0.187. The van der Waals surface area contributed by atoms with Crippen LogP contribution >= 0.6 is 0 Å². The van der Waals surface area contributed by atoms with E-state index in [0.29, 0.717) is 24.1 Å². The average molecular weight is 490 g/mol. The summed E-state index contributed by atoms with van der Waals surface area (Å²) in [5, 5.41) is 0. The molecule has 36 heavy (non-hydrogen) atoms. The molecule has 1 aliphatic rings. The molecule has 3 aromatic rings. The fraction of sp³-hybridized carbons (Fsp3) is 0.367. The standard InChI is InChI=1S/C30H36FN3O2/c1-36-29-10-5-9-28(21-29)34(30(32)35)17-6-16-33-18-15-25(19-24-11-13-27(31)14-12-24)26(22-33)20-23-7-3-2-4-8-23/h2-5,7-14,21,25-26H,6,15-20,22H2,1H3,(H2,32,35). The third kappa shape index (κ3) is 7.08. The zero-order valence-electron chi connectivity index (χ0n) is 21.0. The van der Waals surface area contributed by atoms with Gasteiger partial charge in [-0.05, 0) is 86.0 Å². The van der Waals surface area contributed by atoms with E-state index in [2.05, 4.69) is 35.2 Å². The number of anilines is 1. The first kappa shape index (κ1) is 25.7. The van der Waals surface area contributed by atoms with Gasteiger partial charge in [-0.3, -0.25) is 4.90 Å². The Morgan fingerprint density at radius 2 is 1.72 bits per heavy atom. The van der Waals surface area contributed by atoms with Gasteiger partial charge >= 0.3 is 6.03 Å². The smallest absolute Gasteiger partial charge is 0.319 e. The molecule has 0 aromatic heterocycles. The first-order valence-corrected chi connectivity index (χ1v) is 12.7. The summed E-state index contributed by atoms with van der Waals surface area (Å²) < 4.78 is 18.7. The van der Waals surface area contributed by atoms with Gasteiger partial charge in [0.05, 0.1) is 7.11 Å². The van der Waals surface area contributed by atoms with Crippen LogP contribution in [0.15, 0.2) is 78.9 Å². The number of likely N-dealkylation sites (tertiary alicyclic amines) is 1. The van der Waals surface area contributed by atoms with Gasteiger partial charge in [-0.1, -0.05) is 48.5 Å². The molecule has 3 aromatic carbocycles. The first-order chi connectivity index (χ1) is 17.5. The van der Waals surface area contributed by atoms with Crippen LogP contribution in [0, 0.1) is 17.7 Å². The number of nitrogens with zero attached hydrogens (tertiary/aromatic N) is 2. The van der Waals surface area contributed by atoms with Crippen molar-refractivity contribution in [3.8, 4) is 5.75 Å². The molecule has 0 spiro atoms. The Morgan fingerprint density at radius 1 is 1.00 bits per heavy atom. The number of rotatable bonds is 10. The van der Waals surface area contributed by atoms with E-state index in [9.17, 15) is 9.18 Å². The lowest BCUT2D eigenvalue weighted by Crippen LogP contribution is -2.44. The minimum Gasteiger partial charge on any atom is -0.497 e. The van der Waals surface area contributed by atoms with Crippen molar-refractivity contribution < 1.29 is 13.9 Å². The van der Waals surface area contributed by atoms with Gasteiger partial charge in [0.1, 0.15) is 11.6 Å². The molecular weight excluding hydrogens is 453 g/mol. The molecule has 0 bridgehead atoms. The second-order valence-corrected chi connectivity index (χ2v) is 9.67. The highest BCUT2D eigenvalue weighted by molar-refractivity contribution is 5.90. The number of carbonyl (C=O) groups excluding carboxylic acids is 1. The zero-order chi connectivity index (χ0) is 25.3. The molecule has 0 aliphatic carbocycles. The number of benzene rings is 3. The summed E-state index contributed by atoms with van der Waals surface area (Å²) in [6, 6.07) is 24.6. The summed E-state index contributed by atoms with van der Waals surface area (Å²) >= 11 is 0. The van der Waals surface area contributed by atoms with Crippen molar-refractivity contribution in [1.29, 1.82) is 0 Å². The Bertz CT molecular complexity index is 1110. The maximum atomic E-state index is 13.4. The molecule has 1 saturated heterocycles. The number of hydrogen-bond acceptors (Lipinski definition) is 3. The Kier molecular flexibility index (Phi) is 8.95. The van der Waals surface area contributed by atoms with E-state index < -0.39 is 6.03 Å². The van der Waals surface area contributed by atoms with Crippen LogP contribution in [0.25, 0.3) is 0 Å². The summed E-state index contributed by atoms with van der Waals surface area (Å²) in [7, 11) is 1.61. The van der Waals surface area contributed by atoms with Crippen LogP contribution in [0.2, 0.25) is 0 Å². The number of urea groups is 1.